The second-order valence-corrected chi connectivity index (χ2v) is 6.75. The van der Waals surface area contributed by atoms with Gasteiger partial charge in [0.1, 0.15) is 10.7 Å². The summed E-state index contributed by atoms with van der Waals surface area (Å²) in [6.07, 6.45) is 0. The molecule has 7 heteroatoms. The molecule has 0 unspecified atom stereocenters. The van der Waals surface area contributed by atoms with Crippen molar-refractivity contribution in [1.29, 1.82) is 0 Å². The summed E-state index contributed by atoms with van der Waals surface area (Å²) in [5.41, 5.74) is 1.66. The van der Waals surface area contributed by atoms with Crippen LogP contribution in [0.5, 0.6) is 0 Å². The average Bonchev–Trinajstić information content (AvgIpc) is 2.50. The molecule has 2 rings (SSSR count). The molecule has 0 fully saturated rings. The van der Waals surface area contributed by atoms with E-state index in [1.807, 2.05) is 0 Å². The highest BCUT2D eigenvalue weighted by Crippen LogP contribution is 2.24. The zero-order valence-corrected chi connectivity index (χ0v) is 13.8. The van der Waals surface area contributed by atoms with Crippen LogP contribution in [0.1, 0.15) is 21.5 Å². The van der Waals surface area contributed by atoms with Crippen LogP contribution in [0.4, 0.5) is 10.1 Å². The predicted molar refractivity (Wildman–Crippen MR) is 86.5 cm³/mol. The van der Waals surface area contributed by atoms with Crippen molar-refractivity contribution >= 4 is 21.6 Å². The van der Waals surface area contributed by atoms with Gasteiger partial charge in [0.05, 0.1) is 5.69 Å². The Balaban J connectivity index is 2.46. The fraction of sp³-hybridized carbons (Fsp3) is 0.188. The highest BCUT2D eigenvalue weighted by Gasteiger charge is 2.21. The molecule has 0 saturated carbocycles. The van der Waals surface area contributed by atoms with Gasteiger partial charge in [-0.1, -0.05) is 12.1 Å². The number of halogens is 1. The second-order valence-electron chi connectivity index (χ2n) is 5.10. The fourth-order valence-electron chi connectivity index (χ4n) is 2.14. The van der Waals surface area contributed by atoms with E-state index >= 15 is 0 Å². The lowest BCUT2D eigenvalue weighted by Gasteiger charge is -2.14. The van der Waals surface area contributed by atoms with E-state index in [9.17, 15) is 17.6 Å². The number of carbonyl (C=O) groups is 1. The summed E-state index contributed by atoms with van der Waals surface area (Å²) in [5.74, 6) is -1.16. The molecule has 2 aromatic carbocycles. The van der Waals surface area contributed by atoms with Gasteiger partial charge >= 0.3 is 0 Å². The van der Waals surface area contributed by atoms with E-state index in [4.69, 9.17) is 0 Å². The first-order chi connectivity index (χ1) is 10.8. The zero-order chi connectivity index (χ0) is 17.2. The number of hydrogen-bond acceptors (Lipinski definition) is 3. The number of sulfonamides is 1. The summed E-state index contributed by atoms with van der Waals surface area (Å²) in [7, 11) is -2.61. The molecule has 23 heavy (non-hydrogen) atoms. The van der Waals surface area contributed by atoms with Crippen molar-refractivity contribution in [2.45, 2.75) is 18.7 Å². The van der Waals surface area contributed by atoms with Crippen LogP contribution in [-0.4, -0.2) is 21.4 Å². The molecule has 0 spiro atoms. The SMILES string of the molecule is CNC(=O)c1cccc(NS(=O)(=O)c2cc(C)ccc2F)c1C. The van der Waals surface area contributed by atoms with Crippen LogP contribution < -0.4 is 10.0 Å². The van der Waals surface area contributed by atoms with Gasteiger partial charge in [0.15, 0.2) is 0 Å². The normalized spacial score (nSPS) is 11.1. The highest BCUT2D eigenvalue weighted by molar-refractivity contribution is 7.92. The highest BCUT2D eigenvalue weighted by atomic mass is 32.2. The predicted octanol–water partition coefficient (Wildman–Crippen LogP) is 2.60. The Bertz CT molecular complexity index is 864. The monoisotopic (exact) mass is 336 g/mol. The van der Waals surface area contributed by atoms with Crippen molar-refractivity contribution in [3.8, 4) is 0 Å². The average molecular weight is 336 g/mol. The van der Waals surface area contributed by atoms with Crippen molar-refractivity contribution in [3.05, 3.63) is 58.9 Å². The van der Waals surface area contributed by atoms with Crippen LogP contribution in [0.15, 0.2) is 41.3 Å². The van der Waals surface area contributed by atoms with Crippen molar-refractivity contribution < 1.29 is 17.6 Å². The number of hydrogen-bond donors (Lipinski definition) is 2. The molecular weight excluding hydrogens is 319 g/mol. The third-order valence-corrected chi connectivity index (χ3v) is 4.81. The number of nitrogens with one attached hydrogen (secondary N) is 2. The minimum absolute atomic E-state index is 0.229. The first-order valence-electron chi connectivity index (χ1n) is 6.87. The molecule has 2 N–H and O–H groups in total. The first kappa shape index (κ1) is 17.0. The van der Waals surface area contributed by atoms with Gasteiger partial charge in [-0.2, -0.15) is 0 Å². The van der Waals surface area contributed by atoms with Gasteiger partial charge in [-0.15, -0.1) is 0 Å². The lowest BCUT2D eigenvalue weighted by Crippen LogP contribution is -2.20. The Morgan fingerprint density at radius 1 is 1.13 bits per heavy atom. The third kappa shape index (κ3) is 3.50. The molecule has 122 valence electrons. The Morgan fingerprint density at radius 2 is 1.83 bits per heavy atom. The summed E-state index contributed by atoms with van der Waals surface area (Å²) in [5, 5.41) is 2.48. The largest absolute Gasteiger partial charge is 0.355 e. The molecule has 1 amide bonds. The van der Waals surface area contributed by atoms with Gasteiger partial charge in [-0.05, 0) is 49.2 Å². The molecule has 0 radical (unpaired) electrons. The van der Waals surface area contributed by atoms with Gasteiger partial charge in [-0.3, -0.25) is 9.52 Å². The first-order valence-corrected chi connectivity index (χ1v) is 8.35. The van der Waals surface area contributed by atoms with Crippen LogP contribution in [0, 0.1) is 19.7 Å². The third-order valence-electron chi connectivity index (χ3n) is 3.43. The number of rotatable bonds is 4. The van der Waals surface area contributed by atoms with E-state index in [0.29, 0.717) is 16.7 Å². The molecule has 0 heterocycles. The van der Waals surface area contributed by atoms with E-state index in [-0.39, 0.29) is 11.6 Å². The molecular formula is C16H17FN2O3S. The van der Waals surface area contributed by atoms with E-state index in [1.54, 1.807) is 26.0 Å². The number of benzene rings is 2. The lowest BCUT2D eigenvalue weighted by atomic mass is 10.1. The minimum atomic E-state index is -4.09. The van der Waals surface area contributed by atoms with Crippen LogP contribution in [0.25, 0.3) is 0 Å². The smallest absolute Gasteiger partial charge is 0.264 e. The Labute approximate surface area is 134 Å². The number of amides is 1. The molecule has 5 nitrogen and oxygen atoms in total. The zero-order valence-electron chi connectivity index (χ0n) is 13.0. The molecule has 0 aliphatic heterocycles. The maximum Gasteiger partial charge on any atom is 0.264 e. The number of carbonyl (C=O) groups excluding carboxylic acids is 1. The summed E-state index contributed by atoms with van der Waals surface area (Å²) in [4.78, 5) is 11.3. The van der Waals surface area contributed by atoms with E-state index in [0.717, 1.165) is 6.07 Å². The van der Waals surface area contributed by atoms with Gasteiger partial charge in [0, 0.05) is 12.6 Å². The maximum absolute atomic E-state index is 13.8. The van der Waals surface area contributed by atoms with Crippen LogP contribution >= 0.6 is 0 Å². The summed E-state index contributed by atoms with van der Waals surface area (Å²) >= 11 is 0. The summed E-state index contributed by atoms with van der Waals surface area (Å²) in [6.45, 7) is 3.30. The molecule has 2 aromatic rings. The molecule has 0 bridgehead atoms. The van der Waals surface area contributed by atoms with Crippen molar-refractivity contribution in [1.82, 2.24) is 5.32 Å². The van der Waals surface area contributed by atoms with E-state index in [2.05, 4.69) is 10.0 Å². The molecule has 0 aliphatic rings. The number of anilines is 1. The van der Waals surface area contributed by atoms with Crippen LogP contribution in [0.2, 0.25) is 0 Å². The van der Waals surface area contributed by atoms with Crippen molar-refractivity contribution in [2.75, 3.05) is 11.8 Å². The lowest BCUT2D eigenvalue weighted by molar-refractivity contribution is 0.0962. The van der Waals surface area contributed by atoms with Crippen molar-refractivity contribution in [2.24, 2.45) is 0 Å². The standard InChI is InChI=1S/C16H17FN2O3S/c1-10-7-8-13(17)15(9-10)23(21,22)19-14-6-4-5-12(11(14)2)16(20)18-3/h4-9,19H,1-3H3,(H,18,20). The summed E-state index contributed by atoms with van der Waals surface area (Å²) in [6, 6.07) is 8.52. The Hall–Kier alpha value is -2.41. The molecule has 0 atom stereocenters. The Kier molecular flexibility index (Phi) is 4.70. The molecule has 0 saturated heterocycles. The molecule has 0 aliphatic carbocycles. The maximum atomic E-state index is 13.8. The van der Waals surface area contributed by atoms with Gasteiger partial charge in [0.2, 0.25) is 0 Å². The summed E-state index contributed by atoms with van der Waals surface area (Å²) < 4.78 is 41.0. The van der Waals surface area contributed by atoms with Crippen molar-refractivity contribution in [3.63, 3.8) is 0 Å². The van der Waals surface area contributed by atoms with Gasteiger partial charge in [-0.25, -0.2) is 12.8 Å². The fourth-order valence-corrected chi connectivity index (χ4v) is 3.43. The Morgan fingerprint density at radius 3 is 2.48 bits per heavy atom. The second kappa shape index (κ2) is 6.37. The number of aryl methyl sites for hydroxylation is 1. The van der Waals surface area contributed by atoms with E-state index in [1.165, 1.54) is 25.2 Å². The van der Waals surface area contributed by atoms with Crippen LogP contribution in [0.3, 0.4) is 0 Å². The topological polar surface area (TPSA) is 75.3 Å². The minimum Gasteiger partial charge on any atom is -0.355 e. The van der Waals surface area contributed by atoms with Gasteiger partial charge in [0.25, 0.3) is 15.9 Å². The van der Waals surface area contributed by atoms with E-state index < -0.39 is 20.7 Å². The van der Waals surface area contributed by atoms with Crippen LogP contribution in [-0.2, 0) is 10.0 Å². The quantitative estimate of drug-likeness (QED) is 0.901. The molecule has 0 aromatic heterocycles. The van der Waals surface area contributed by atoms with Gasteiger partial charge < -0.3 is 5.32 Å².